The van der Waals surface area contributed by atoms with Crippen molar-refractivity contribution in [3.8, 4) is 0 Å². The van der Waals surface area contributed by atoms with Crippen molar-refractivity contribution in [3.05, 3.63) is 0 Å². The Morgan fingerprint density at radius 1 is 1.09 bits per heavy atom. The van der Waals surface area contributed by atoms with E-state index in [0.717, 1.165) is 38.4 Å². The van der Waals surface area contributed by atoms with Gasteiger partial charge < -0.3 is 18.7 Å². The fourth-order valence-electron chi connectivity index (χ4n) is 2.91. The number of ether oxygens (including phenoxy) is 2. The second-order valence-corrected chi connectivity index (χ2v) is 13.0. The molecule has 0 unspecified atom stereocenters. The predicted molar refractivity (Wildman–Crippen MR) is 89.6 cm³/mol. The summed E-state index contributed by atoms with van der Waals surface area (Å²) in [6, 6.07) is 0. The maximum atomic E-state index is 10.9. The number of fused-ring (bicyclic) bond motifs is 1. The fraction of sp³-hybridized carbons (Fsp3) is 0.941. The lowest BCUT2D eigenvalue weighted by Gasteiger charge is -2.38. The van der Waals surface area contributed by atoms with Gasteiger partial charge in [0.25, 0.3) is 0 Å². The lowest BCUT2D eigenvalue weighted by atomic mass is 9.98. The average molecular weight is 329 g/mol. The zero-order valence-electron chi connectivity index (χ0n) is 14.8. The number of aldehydes is 1. The average Bonchev–Trinajstić information content (AvgIpc) is 2.64. The van der Waals surface area contributed by atoms with Crippen molar-refractivity contribution in [1.82, 2.24) is 0 Å². The van der Waals surface area contributed by atoms with Crippen molar-refractivity contribution < 1.29 is 18.7 Å². The molecule has 4 atom stereocenters. The van der Waals surface area contributed by atoms with Crippen molar-refractivity contribution in [1.29, 1.82) is 0 Å². The van der Waals surface area contributed by atoms with E-state index in [-0.39, 0.29) is 29.5 Å². The minimum Gasteiger partial charge on any atom is -0.414 e. The van der Waals surface area contributed by atoms with Gasteiger partial charge in [-0.3, -0.25) is 0 Å². The number of hydrogen-bond donors (Lipinski definition) is 0. The summed E-state index contributed by atoms with van der Waals surface area (Å²) in [5.41, 5.74) is 0. The van der Waals surface area contributed by atoms with E-state index in [2.05, 4.69) is 33.9 Å². The Morgan fingerprint density at radius 2 is 1.77 bits per heavy atom. The van der Waals surface area contributed by atoms with Crippen LogP contribution in [-0.4, -0.2) is 45.6 Å². The molecular formula is C17H32O4Si. The molecule has 0 aromatic rings. The molecule has 2 saturated heterocycles. The van der Waals surface area contributed by atoms with Gasteiger partial charge in [0.15, 0.2) is 8.32 Å². The van der Waals surface area contributed by atoms with Gasteiger partial charge in [0.05, 0.1) is 24.9 Å². The molecule has 4 nitrogen and oxygen atoms in total. The monoisotopic (exact) mass is 328 g/mol. The largest absolute Gasteiger partial charge is 0.414 e. The molecule has 0 aliphatic carbocycles. The van der Waals surface area contributed by atoms with Crippen molar-refractivity contribution >= 4 is 14.6 Å². The van der Waals surface area contributed by atoms with Crippen LogP contribution in [0.25, 0.3) is 0 Å². The van der Waals surface area contributed by atoms with Crippen molar-refractivity contribution in [3.63, 3.8) is 0 Å². The maximum absolute atomic E-state index is 10.9. The molecule has 0 saturated carbocycles. The van der Waals surface area contributed by atoms with Crippen LogP contribution in [0.2, 0.25) is 18.1 Å². The lowest BCUT2D eigenvalue weighted by molar-refractivity contribution is -0.158. The van der Waals surface area contributed by atoms with Gasteiger partial charge in [-0.15, -0.1) is 0 Å². The molecule has 22 heavy (non-hydrogen) atoms. The SMILES string of the molecule is CC(C)(C)[Si](C)(C)OC[C@H]1CCC[C@@H]2O[C@@H](C=O)CC[C@H]2O1. The number of hydrogen-bond acceptors (Lipinski definition) is 4. The van der Waals surface area contributed by atoms with Crippen LogP contribution in [0.4, 0.5) is 0 Å². The third kappa shape index (κ3) is 4.40. The third-order valence-electron chi connectivity index (χ3n) is 5.47. The zero-order chi connectivity index (χ0) is 16.4. The Kier molecular flexibility index (Phi) is 5.86. The lowest BCUT2D eigenvalue weighted by Crippen LogP contribution is -2.44. The Morgan fingerprint density at radius 3 is 2.41 bits per heavy atom. The summed E-state index contributed by atoms with van der Waals surface area (Å²) < 4.78 is 18.4. The normalized spacial score (nSPS) is 33.9. The van der Waals surface area contributed by atoms with Crippen LogP contribution in [0, 0.1) is 0 Å². The third-order valence-corrected chi connectivity index (χ3v) is 9.97. The summed E-state index contributed by atoms with van der Waals surface area (Å²) in [4.78, 5) is 10.9. The molecule has 2 aliphatic heterocycles. The molecule has 2 heterocycles. The number of carbonyl (C=O) groups excluding carboxylic acids is 1. The molecule has 0 spiro atoms. The van der Waals surface area contributed by atoms with Crippen LogP contribution in [-0.2, 0) is 18.7 Å². The van der Waals surface area contributed by atoms with E-state index in [1.807, 2.05) is 0 Å². The Hall–Kier alpha value is -0.233. The van der Waals surface area contributed by atoms with Gasteiger partial charge in [0.2, 0.25) is 0 Å². The van der Waals surface area contributed by atoms with Gasteiger partial charge in [0, 0.05) is 0 Å². The quantitative estimate of drug-likeness (QED) is 0.583. The molecule has 0 amide bonds. The van der Waals surface area contributed by atoms with Crippen LogP contribution >= 0.6 is 0 Å². The molecule has 0 radical (unpaired) electrons. The standard InChI is InChI=1S/C17H32O4Si/c1-17(2,3)22(4,5)19-12-14-7-6-8-15-16(21-14)10-9-13(11-18)20-15/h11,13-16H,6-10,12H2,1-5H3/t13-,14-,15+,16-/m1/s1. The summed E-state index contributed by atoms with van der Waals surface area (Å²) >= 11 is 0. The Labute approximate surface area is 136 Å². The first-order chi connectivity index (χ1) is 10.2. The van der Waals surface area contributed by atoms with Crippen LogP contribution < -0.4 is 0 Å². The highest BCUT2D eigenvalue weighted by Crippen LogP contribution is 2.37. The summed E-state index contributed by atoms with van der Waals surface area (Å²) in [5.74, 6) is 0. The molecule has 0 N–H and O–H groups in total. The van der Waals surface area contributed by atoms with Gasteiger partial charge >= 0.3 is 0 Å². The van der Waals surface area contributed by atoms with Crippen LogP contribution in [0.15, 0.2) is 0 Å². The summed E-state index contributed by atoms with van der Waals surface area (Å²) in [6.45, 7) is 12.0. The van der Waals surface area contributed by atoms with E-state index in [4.69, 9.17) is 13.9 Å². The van der Waals surface area contributed by atoms with Crippen molar-refractivity contribution in [2.24, 2.45) is 0 Å². The summed E-state index contributed by atoms with van der Waals surface area (Å²) in [5, 5.41) is 0.228. The minimum absolute atomic E-state index is 0.0850. The predicted octanol–water partition coefficient (Wildman–Crippen LogP) is 3.69. The number of rotatable bonds is 4. The molecule has 0 aromatic carbocycles. The Bertz CT molecular complexity index is 377. The highest BCUT2D eigenvalue weighted by Gasteiger charge is 2.39. The maximum Gasteiger partial charge on any atom is 0.192 e. The van der Waals surface area contributed by atoms with Crippen molar-refractivity contribution in [2.75, 3.05) is 6.61 Å². The molecule has 2 rings (SSSR count). The first-order valence-electron chi connectivity index (χ1n) is 8.63. The first-order valence-corrected chi connectivity index (χ1v) is 11.5. The number of carbonyl (C=O) groups is 1. The molecule has 5 heteroatoms. The van der Waals surface area contributed by atoms with E-state index in [9.17, 15) is 4.79 Å². The van der Waals surface area contributed by atoms with E-state index >= 15 is 0 Å². The smallest absolute Gasteiger partial charge is 0.192 e. The highest BCUT2D eigenvalue weighted by molar-refractivity contribution is 6.74. The van der Waals surface area contributed by atoms with Crippen molar-refractivity contribution in [2.45, 2.75) is 95.4 Å². The minimum atomic E-state index is -1.72. The summed E-state index contributed by atoms with van der Waals surface area (Å²) in [6.07, 6.45) is 5.88. The van der Waals surface area contributed by atoms with Gasteiger partial charge in [-0.05, 0) is 50.2 Å². The molecule has 0 aromatic heterocycles. The van der Waals surface area contributed by atoms with Crippen LogP contribution in [0.1, 0.15) is 52.9 Å². The van der Waals surface area contributed by atoms with Gasteiger partial charge in [-0.2, -0.15) is 0 Å². The molecular weight excluding hydrogens is 296 g/mol. The highest BCUT2D eigenvalue weighted by atomic mass is 28.4. The fourth-order valence-corrected chi connectivity index (χ4v) is 3.94. The van der Waals surface area contributed by atoms with Gasteiger partial charge in [0.1, 0.15) is 12.4 Å². The zero-order valence-corrected chi connectivity index (χ0v) is 15.8. The van der Waals surface area contributed by atoms with E-state index in [1.54, 1.807) is 0 Å². The second-order valence-electron chi connectivity index (χ2n) is 8.23. The van der Waals surface area contributed by atoms with Crippen LogP contribution in [0.3, 0.4) is 0 Å². The van der Waals surface area contributed by atoms with E-state index < -0.39 is 8.32 Å². The first kappa shape index (κ1) is 18.1. The van der Waals surface area contributed by atoms with Crippen LogP contribution in [0.5, 0.6) is 0 Å². The van der Waals surface area contributed by atoms with E-state index in [0.29, 0.717) is 6.61 Å². The van der Waals surface area contributed by atoms with Gasteiger partial charge in [-0.1, -0.05) is 20.8 Å². The molecule has 0 bridgehead atoms. The Balaban J connectivity index is 1.88. The van der Waals surface area contributed by atoms with Gasteiger partial charge in [-0.25, -0.2) is 0 Å². The molecule has 128 valence electrons. The molecule has 2 aliphatic rings. The summed E-state index contributed by atoms with van der Waals surface area (Å²) in [7, 11) is -1.72. The van der Waals surface area contributed by atoms with E-state index in [1.165, 1.54) is 0 Å². The molecule has 2 fully saturated rings. The topological polar surface area (TPSA) is 44.8 Å². The second kappa shape index (κ2) is 7.12.